The summed E-state index contributed by atoms with van der Waals surface area (Å²) in [7, 11) is 0. The number of anilines is 1. The van der Waals surface area contributed by atoms with Crippen molar-refractivity contribution < 1.29 is 0 Å². The van der Waals surface area contributed by atoms with Crippen LogP contribution in [0.5, 0.6) is 0 Å². The molecule has 0 N–H and O–H groups in total. The molecule has 0 unspecified atom stereocenters. The van der Waals surface area contributed by atoms with Crippen molar-refractivity contribution in [2.24, 2.45) is 0 Å². The third kappa shape index (κ3) is 3.16. The third-order valence-corrected chi connectivity index (χ3v) is 5.58. The number of nitrogens with zero attached hydrogens (tertiary/aromatic N) is 4. The molecule has 4 rings (SSSR count). The largest absolute Gasteiger partial charge is 0.336 e. The van der Waals surface area contributed by atoms with E-state index in [0.29, 0.717) is 11.5 Å². The Morgan fingerprint density at radius 2 is 1.79 bits per heavy atom. The molecule has 1 saturated carbocycles. The standard InChI is InChI=1S/C20H26N4/c1-16-14-23(12-13-24(16)19-21-10-3-11-22-19)15-17-4-6-18(7-5-17)20(2)8-9-20/h3-7,10-11,16H,8-9,12-15H2,1-2H3/t16-/m0/s1. The van der Waals surface area contributed by atoms with Gasteiger partial charge in [0.15, 0.2) is 0 Å². The van der Waals surface area contributed by atoms with Crippen LogP contribution in [0.3, 0.4) is 0 Å². The minimum absolute atomic E-state index is 0.436. The van der Waals surface area contributed by atoms with Gasteiger partial charge in [0.1, 0.15) is 0 Å². The summed E-state index contributed by atoms with van der Waals surface area (Å²) in [5.41, 5.74) is 3.39. The van der Waals surface area contributed by atoms with Crippen molar-refractivity contribution in [2.45, 2.75) is 44.7 Å². The highest BCUT2D eigenvalue weighted by molar-refractivity contribution is 5.33. The quantitative estimate of drug-likeness (QED) is 0.865. The molecule has 2 aromatic rings. The number of benzene rings is 1. The predicted molar refractivity (Wildman–Crippen MR) is 97.1 cm³/mol. The van der Waals surface area contributed by atoms with Crippen molar-refractivity contribution >= 4 is 5.95 Å². The zero-order chi connectivity index (χ0) is 16.6. The zero-order valence-corrected chi connectivity index (χ0v) is 14.7. The van der Waals surface area contributed by atoms with E-state index in [1.54, 1.807) is 0 Å². The Morgan fingerprint density at radius 1 is 1.08 bits per heavy atom. The van der Waals surface area contributed by atoms with Gasteiger partial charge in [0.05, 0.1) is 0 Å². The van der Waals surface area contributed by atoms with E-state index in [2.05, 4.69) is 57.9 Å². The summed E-state index contributed by atoms with van der Waals surface area (Å²) in [6, 6.07) is 11.6. The molecule has 2 aliphatic rings. The Hall–Kier alpha value is -1.94. The highest BCUT2D eigenvalue weighted by Gasteiger charge is 2.38. The molecule has 1 saturated heterocycles. The van der Waals surface area contributed by atoms with Crippen molar-refractivity contribution in [1.82, 2.24) is 14.9 Å². The molecule has 0 spiro atoms. The van der Waals surface area contributed by atoms with Crippen molar-refractivity contribution in [3.8, 4) is 0 Å². The lowest BCUT2D eigenvalue weighted by atomic mass is 9.97. The van der Waals surface area contributed by atoms with Crippen molar-refractivity contribution in [1.29, 1.82) is 0 Å². The molecule has 4 nitrogen and oxygen atoms in total. The van der Waals surface area contributed by atoms with Gasteiger partial charge < -0.3 is 4.90 Å². The van der Waals surface area contributed by atoms with Crippen LogP contribution >= 0.6 is 0 Å². The molecule has 126 valence electrons. The number of rotatable bonds is 4. The lowest BCUT2D eigenvalue weighted by Crippen LogP contribution is -2.52. The van der Waals surface area contributed by atoms with E-state index in [1.807, 2.05) is 18.5 Å². The molecule has 1 aliphatic heterocycles. The van der Waals surface area contributed by atoms with Crippen LogP contribution in [-0.4, -0.2) is 40.5 Å². The summed E-state index contributed by atoms with van der Waals surface area (Å²) in [4.78, 5) is 13.6. The number of hydrogen-bond donors (Lipinski definition) is 0. The van der Waals surface area contributed by atoms with E-state index < -0.39 is 0 Å². The second-order valence-corrected chi connectivity index (χ2v) is 7.58. The van der Waals surface area contributed by atoms with Gasteiger partial charge in [-0.15, -0.1) is 0 Å². The van der Waals surface area contributed by atoms with E-state index in [-0.39, 0.29) is 0 Å². The van der Waals surface area contributed by atoms with E-state index in [9.17, 15) is 0 Å². The Morgan fingerprint density at radius 3 is 2.42 bits per heavy atom. The first-order chi connectivity index (χ1) is 11.6. The van der Waals surface area contributed by atoms with Gasteiger partial charge in [-0.3, -0.25) is 4.90 Å². The minimum Gasteiger partial charge on any atom is -0.336 e. The number of piperazine rings is 1. The normalized spacial score (nSPS) is 23.2. The number of hydrogen-bond acceptors (Lipinski definition) is 4. The molecule has 24 heavy (non-hydrogen) atoms. The number of aromatic nitrogens is 2. The average Bonchev–Trinajstić information content (AvgIpc) is 3.35. The highest BCUT2D eigenvalue weighted by atomic mass is 15.3. The first-order valence-electron chi connectivity index (χ1n) is 8.99. The molecular formula is C20H26N4. The van der Waals surface area contributed by atoms with Gasteiger partial charge in [-0.1, -0.05) is 31.2 Å². The van der Waals surface area contributed by atoms with E-state index in [0.717, 1.165) is 32.1 Å². The van der Waals surface area contributed by atoms with E-state index >= 15 is 0 Å². The topological polar surface area (TPSA) is 32.3 Å². The summed E-state index contributed by atoms with van der Waals surface area (Å²) in [5, 5.41) is 0. The molecule has 0 amide bonds. The maximum absolute atomic E-state index is 4.40. The second-order valence-electron chi connectivity index (χ2n) is 7.58. The van der Waals surface area contributed by atoms with Gasteiger partial charge in [-0.2, -0.15) is 0 Å². The Labute approximate surface area is 144 Å². The molecule has 1 aromatic carbocycles. The molecule has 0 bridgehead atoms. The van der Waals surface area contributed by atoms with Crippen molar-refractivity contribution in [3.05, 3.63) is 53.9 Å². The fraction of sp³-hybridized carbons (Fsp3) is 0.500. The van der Waals surface area contributed by atoms with E-state index in [4.69, 9.17) is 0 Å². The molecule has 1 atom stereocenters. The van der Waals surface area contributed by atoms with Crippen LogP contribution in [0.25, 0.3) is 0 Å². The maximum atomic E-state index is 4.40. The molecule has 1 aromatic heterocycles. The fourth-order valence-electron chi connectivity index (χ4n) is 3.66. The van der Waals surface area contributed by atoms with Gasteiger partial charge >= 0.3 is 0 Å². The van der Waals surface area contributed by atoms with Crippen molar-refractivity contribution in [2.75, 3.05) is 24.5 Å². The van der Waals surface area contributed by atoms with Crippen LogP contribution < -0.4 is 4.90 Å². The van der Waals surface area contributed by atoms with Gasteiger partial charge in [0, 0.05) is 44.6 Å². The van der Waals surface area contributed by atoms with Gasteiger partial charge in [-0.25, -0.2) is 9.97 Å². The molecule has 2 heterocycles. The molecule has 0 radical (unpaired) electrons. The van der Waals surface area contributed by atoms with E-state index in [1.165, 1.54) is 24.0 Å². The maximum Gasteiger partial charge on any atom is 0.225 e. The first kappa shape index (κ1) is 15.6. The SMILES string of the molecule is C[C@H]1CN(Cc2ccc(C3(C)CC3)cc2)CCN1c1ncccn1. The van der Waals surface area contributed by atoms with Gasteiger partial charge in [0.25, 0.3) is 0 Å². The summed E-state index contributed by atoms with van der Waals surface area (Å²) < 4.78 is 0. The van der Waals surface area contributed by atoms with Gasteiger partial charge in [-0.05, 0) is 42.4 Å². The summed E-state index contributed by atoms with van der Waals surface area (Å²) in [6.45, 7) is 8.76. The van der Waals surface area contributed by atoms with Crippen LogP contribution in [0.15, 0.2) is 42.7 Å². The summed E-state index contributed by atoms with van der Waals surface area (Å²) in [5.74, 6) is 0.853. The fourth-order valence-corrected chi connectivity index (χ4v) is 3.66. The average molecular weight is 322 g/mol. The highest BCUT2D eigenvalue weighted by Crippen LogP contribution is 2.47. The smallest absolute Gasteiger partial charge is 0.225 e. The van der Waals surface area contributed by atoms with Crippen LogP contribution in [-0.2, 0) is 12.0 Å². The lowest BCUT2D eigenvalue weighted by molar-refractivity contribution is 0.219. The van der Waals surface area contributed by atoms with Crippen molar-refractivity contribution in [3.63, 3.8) is 0 Å². The lowest BCUT2D eigenvalue weighted by Gasteiger charge is -2.39. The minimum atomic E-state index is 0.436. The molecule has 2 fully saturated rings. The first-order valence-corrected chi connectivity index (χ1v) is 8.99. The molecular weight excluding hydrogens is 296 g/mol. The van der Waals surface area contributed by atoms with Crippen LogP contribution in [0.4, 0.5) is 5.95 Å². The Balaban J connectivity index is 1.37. The Kier molecular flexibility index (Phi) is 4.01. The zero-order valence-electron chi connectivity index (χ0n) is 14.7. The summed E-state index contributed by atoms with van der Waals surface area (Å²) >= 11 is 0. The second kappa shape index (κ2) is 6.17. The monoisotopic (exact) mass is 322 g/mol. The summed E-state index contributed by atoms with van der Waals surface area (Å²) in [6.07, 6.45) is 6.33. The molecule has 4 heteroatoms. The predicted octanol–water partition coefficient (Wildman–Crippen LogP) is 3.24. The third-order valence-electron chi connectivity index (χ3n) is 5.58. The van der Waals surface area contributed by atoms with Crippen LogP contribution in [0.1, 0.15) is 37.8 Å². The van der Waals surface area contributed by atoms with Crippen LogP contribution in [0.2, 0.25) is 0 Å². The molecule has 1 aliphatic carbocycles. The van der Waals surface area contributed by atoms with Crippen LogP contribution in [0, 0.1) is 0 Å². The Bertz CT molecular complexity index is 679. The van der Waals surface area contributed by atoms with Gasteiger partial charge in [0.2, 0.25) is 5.95 Å².